The van der Waals surface area contributed by atoms with E-state index in [4.69, 9.17) is 5.73 Å². The second kappa shape index (κ2) is 4.99. The Labute approximate surface area is 118 Å². The monoisotopic (exact) mass is 323 g/mol. The van der Waals surface area contributed by atoms with Gasteiger partial charge in [-0.1, -0.05) is 6.07 Å². The normalized spacial score (nSPS) is 18.6. The molecule has 1 amide bonds. The fourth-order valence-corrected chi connectivity index (χ4v) is 3.53. The van der Waals surface area contributed by atoms with Crippen molar-refractivity contribution >= 4 is 15.7 Å². The number of carbonyl (C=O) groups excluding carboxylic acids is 1. The lowest BCUT2D eigenvalue weighted by Crippen LogP contribution is -2.25. The van der Waals surface area contributed by atoms with Gasteiger partial charge in [-0.2, -0.15) is 13.2 Å². The standard InChI is InChI=1S/C12H12F3NO4S/c13-12(14,15)21(19,20)9-4-1-6(5-10(16)18)7-2-3-8(17)11(7)9/h1,4,8,17H,2-3,5H2,(H2,16,18)/t8-/m1/s1. The summed E-state index contributed by atoms with van der Waals surface area (Å²) in [4.78, 5) is 10.00. The van der Waals surface area contributed by atoms with E-state index in [1.54, 1.807) is 0 Å². The zero-order chi connectivity index (χ0) is 16.0. The summed E-state index contributed by atoms with van der Waals surface area (Å²) in [7, 11) is -5.56. The fraction of sp³-hybridized carbons (Fsp3) is 0.417. The molecule has 3 N–H and O–H groups in total. The first-order chi connectivity index (χ1) is 9.55. The van der Waals surface area contributed by atoms with Crippen molar-refractivity contribution < 1.29 is 31.5 Å². The third kappa shape index (κ3) is 2.62. The average Bonchev–Trinajstić information content (AvgIpc) is 2.70. The minimum Gasteiger partial charge on any atom is -0.388 e. The molecule has 0 saturated heterocycles. The van der Waals surface area contributed by atoms with Crippen molar-refractivity contribution in [2.24, 2.45) is 5.73 Å². The van der Waals surface area contributed by atoms with Gasteiger partial charge < -0.3 is 10.8 Å². The number of benzene rings is 1. The van der Waals surface area contributed by atoms with E-state index in [2.05, 4.69) is 0 Å². The van der Waals surface area contributed by atoms with Crippen molar-refractivity contribution in [1.82, 2.24) is 0 Å². The van der Waals surface area contributed by atoms with E-state index in [0.717, 1.165) is 12.1 Å². The van der Waals surface area contributed by atoms with Gasteiger partial charge in [0, 0.05) is 5.56 Å². The second-order valence-electron chi connectivity index (χ2n) is 4.76. The smallest absolute Gasteiger partial charge is 0.388 e. The molecule has 0 aliphatic heterocycles. The van der Waals surface area contributed by atoms with Crippen LogP contribution in [0.2, 0.25) is 0 Å². The van der Waals surface area contributed by atoms with Gasteiger partial charge >= 0.3 is 5.51 Å². The summed E-state index contributed by atoms with van der Waals surface area (Å²) in [6.07, 6.45) is -1.23. The van der Waals surface area contributed by atoms with Gasteiger partial charge in [0.05, 0.1) is 17.4 Å². The highest BCUT2D eigenvalue weighted by atomic mass is 32.2. The summed E-state index contributed by atoms with van der Waals surface area (Å²) in [6, 6.07) is 1.91. The Kier molecular flexibility index (Phi) is 3.75. The molecule has 1 aromatic rings. The van der Waals surface area contributed by atoms with E-state index in [0.29, 0.717) is 5.56 Å². The first-order valence-electron chi connectivity index (χ1n) is 5.98. The molecule has 116 valence electrons. The summed E-state index contributed by atoms with van der Waals surface area (Å²) in [5.41, 5.74) is -0.0768. The van der Waals surface area contributed by atoms with Crippen LogP contribution in [0.25, 0.3) is 0 Å². The molecule has 21 heavy (non-hydrogen) atoms. The van der Waals surface area contributed by atoms with E-state index < -0.39 is 32.3 Å². The number of sulfone groups is 1. The molecule has 0 saturated carbocycles. The van der Waals surface area contributed by atoms with Crippen molar-refractivity contribution in [1.29, 1.82) is 0 Å². The van der Waals surface area contributed by atoms with Crippen molar-refractivity contribution in [3.8, 4) is 0 Å². The maximum absolute atomic E-state index is 12.7. The lowest BCUT2D eigenvalue weighted by atomic mass is 10.00. The van der Waals surface area contributed by atoms with Crippen LogP contribution >= 0.6 is 0 Å². The van der Waals surface area contributed by atoms with Crippen LogP contribution in [0.1, 0.15) is 29.2 Å². The summed E-state index contributed by atoms with van der Waals surface area (Å²) < 4.78 is 61.2. The first-order valence-corrected chi connectivity index (χ1v) is 7.46. The molecule has 0 aromatic heterocycles. The molecular weight excluding hydrogens is 311 g/mol. The minimum atomic E-state index is -5.56. The summed E-state index contributed by atoms with van der Waals surface area (Å²) in [6.45, 7) is 0. The lowest BCUT2D eigenvalue weighted by Gasteiger charge is -2.16. The Bertz CT molecular complexity index is 697. The van der Waals surface area contributed by atoms with Crippen LogP contribution in [0.3, 0.4) is 0 Å². The maximum atomic E-state index is 12.7. The maximum Gasteiger partial charge on any atom is 0.501 e. The molecule has 1 aliphatic rings. The quantitative estimate of drug-likeness (QED) is 0.866. The molecule has 1 aliphatic carbocycles. The van der Waals surface area contributed by atoms with E-state index in [9.17, 15) is 31.5 Å². The number of rotatable bonds is 3. The molecule has 5 nitrogen and oxygen atoms in total. The number of halogens is 3. The number of hydrogen-bond acceptors (Lipinski definition) is 4. The van der Waals surface area contributed by atoms with Gasteiger partial charge in [-0.15, -0.1) is 0 Å². The zero-order valence-corrected chi connectivity index (χ0v) is 11.5. The number of alkyl halides is 3. The average molecular weight is 323 g/mol. The van der Waals surface area contributed by atoms with E-state index >= 15 is 0 Å². The molecule has 0 heterocycles. The SMILES string of the molecule is NC(=O)Cc1ccc(S(=O)(=O)C(F)(F)F)c2c1CC[C@H]2O. The number of fused-ring (bicyclic) bond motifs is 1. The van der Waals surface area contributed by atoms with Gasteiger partial charge in [0.25, 0.3) is 9.84 Å². The van der Waals surface area contributed by atoms with Gasteiger partial charge in [-0.05, 0) is 30.0 Å². The number of aliphatic hydroxyl groups excluding tert-OH is 1. The molecular formula is C12H12F3NO4S. The summed E-state index contributed by atoms with van der Waals surface area (Å²) in [5, 5.41) is 9.80. The van der Waals surface area contributed by atoms with Crippen LogP contribution in [0.15, 0.2) is 17.0 Å². The van der Waals surface area contributed by atoms with Gasteiger partial charge in [0.1, 0.15) is 0 Å². The number of aliphatic hydroxyl groups is 1. The molecule has 1 aromatic carbocycles. The molecule has 0 bridgehead atoms. The number of primary amides is 1. The van der Waals surface area contributed by atoms with Crippen molar-refractivity contribution in [2.45, 2.75) is 35.8 Å². The molecule has 2 rings (SSSR count). The number of nitrogens with two attached hydrogens (primary N) is 1. The first kappa shape index (κ1) is 15.8. The third-order valence-corrected chi connectivity index (χ3v) is 4.92. The van der Waals surface area contributed by atoms with Crippen molar-refractivity contribution in [2.75, 3.05) is 0 Å². The third-order valence-electron chi connectivity index (χ3n) is 3.37. The highest BCUT2D eigenvalue weighted by Crippen LogP contribution is 2.41. The Morgan fingerprint density at radius 3 is 2.52 bits per heavy atom. The fourth-order valence-electron chi connectivity index (χ4n) is 2.49. The molecule has 0 fully saturated rings. The predicted molar refractivity (Wildman–Crippen MR) is 65.9 cm³/mol. The predicted octanol–water partition coefficient (Wildman–Crippen LogP) is 0.988. The largest absolute Gasteiger partial charge is 0.501 e. The Morgan fingerprint density at radius 1 is 1.38 bits per heavy atom. The zero-order valence-electron chi connectivity index (χ0n) is 10.6. The minimum absolute atomic E-state index is 0.103. The van der Waals surface area contributed by atoms with Crippen LogP contribution in [0, 0.1) is 0 Å². The van der Waals surface area contributed by atoms with Crippen LogP contribution in [-0.4, -0.2) is 24.9 Å². The second-order valence-corrected chi connectivity index (χ2v) is 6.67. The van der Waals surface area contributed by atoms with E-state index in [1.807, 2.05) is 0 Å². The number of amides is 1. The molecule has 0 unspecified atom stereocenters. The molecule has 0 spiro atoms. The topological polar surface area (TPSA) is 97.5 Å². The Balaban J connectivity index is 2.67. The molecule has 9 heteroatoms. The van der Waals surface area contributed by atoms with Crippen LogP contribution in [-0.2, 0) is 27.5 Å². The van der Waals surface area contributed by atoms with Crippen LogP contribution < -0.4 is 5.73 Å². The molecule has 1 atom stereocenters. The molecule has 0 radical (unpaired) electrons. The highest BCUT2D eigenvalue weighted by Gasteiger charge is 2.49. The Morgan fingerprint density at radius 2 is 2.00 bits per heavy atom. The van der Waals surface area contributed by atoms with E-state index in [-0.39, 0.29) is 30.4 Å². The summed E-state index contributed by atoms with van der Waals surface area (Å²) in [5.74, 6) is -0.690. The lowest BCUT2D eigenvalue weighted by molar-refractivity contribution is -0.117. The van der Waals surface area contributed by atoms with Crippen LogP contribution in [0.5, 0.6) is 0 Å². The Hall–Kier alpha value is -1.61. The van der Waals surface area contributed by atoms with Crippen molar-refractivity contribution in [3.63, 3.8) is 0 Å². The van der Waals surface area contributed by atoms with Crippen molar-refractivity contribution in [3.05, 3.63) is 28.8 Å². The van der Waals surface area contributed by atoms with E-state index in [1.165, 1.54) is 0 Å². The van der Waals surface area contributed by atoms with Gasteiger partial charge in [-0.25, -0.2) is 8.42 Å². The van der Waals surface area contributed by atoms with Gasteiger partial charge in [-0.3, -0.25) is 4.79 Å². The van der Waals surface area contributed by atoms with Gasteiger partial charge in [0.15, 0.2) is 0 Å². The van der Waals surface area contributed by atoms with Crippen LogP contribution in [0.4, 0.5) is 13.2 Å². The highest BCUT2D eigenvalue weighted by molar-refractivity contribution is 7.92. The summed E-state index contributed by atoms with van der Waals surface area (Å²) >= 11 is 0. The number of carbonyl (C=O) groups is 1. The number of hydrogen-bond donors (Lipinski definition) is 2. The van der Waals surface area contributed by atoms with Gasteiger partial charge in [0.2, 0.25) is 5.91 Å².